The third kappa shape index (κ3) is 2.25. The van der Waals surface area contributed by atoms with Crippen molar-refractivity contribution in [2.24, 2.45) is 0 Å². The first kappa shape index (κ1) is 13.7. The Morgan fingerprint density at radius 2 is 2.05 bits per heavy atom. The number of hydrogen-bond donors (Lipinski definition) is 2. The Labute approximate surface area is 128 Å². The molecule has 0 radical (unpaired) electrons. The van der Waals surface area contributed by atoms with E-state index in [1.165, 1.54) is 5.56 Å². The average molecular weight is 332 g/mol. The van der Waals surface area contributed by atoms with E-state index in [0.717, 1.165) is 22.1 Å². The van der Waals surface area contributed by atoms with Gasteiger partial charge in [0.25, 0.3) is 0 Å². The second kappa shape index (κ2) is 5.23. The summed E-state index contributed by atoms with van der Waals surface area (Å²) in [6.45, 7) is 2.03. The molecule has 0 fully saturated rings. The third-order valence-corrected chi connectivity index (χ3v) is 4.70. The monoisotopic (exact) mass is 331 g/mol. The molecule has 0 aromatic heterocycles. The number of rotatable bonds is 3. The fraction of sp³-hybridized carbons (Fsp3) is 0.294. The van der Waals surface area contributed by atoms with Crippen molar-refractivity contribution in [3.05, 3.63) is 64.1 Å². The molecular formula is C17H18BrNO. The Kier molecular flexibility index (Phi) is 3.57. The molecule has 2 unspecified atom stereocenters. The molecule has 1 aliphatic heterocycles. The predicted octanol–water partition coefficient (Wildman–Crippen LogP) is 4.08. The van der Waals surface area contributed by atoms with Crippen LogP contribution in [0.4, 0.5) is 5.69 Å². The quantitative estimate of drug-likeness (QED) is 0.888. The van der Waals surface area contributed by atoms with Crippen LogP contribution in [-0.2, 0) is 12.0 Å². The highest BCUT2D eigenvalue weighted by molar-refractivity contribution is 9.10. The molecule has 0 saturated heterocycles. The van der Waals surface area contributed by atoms with Crippen LogP contribution in [0.15, 0.2) is 53.0 Å². The minimum absolute atomic E-state index is 0.0131. The van der Waals surface area contributed by atoms with Gasteiger partial charge < -0.3 is 10.4 Å². The van der Waals surface area contributed by atoms with Crippen LogP contribution in [-0.4, -0.2) is 11.1 Å². The lowest BCUT2D eigenvalue weighted by Crippen LogP contribution is -2.43. The predicted molar refractivity (Wildman–Crippen MR) is 85.9 cm³/mol. The summed E-state index contributed by atoms with van der Waals surface area (Å²) in [4.78, 5) is 0. The zero-order chi connectivity index (χ0) is 14.2. The largest absolute Gasteiger partial charge is 0.383 e. The van der Waals surface area contributed by atoms with E-state index >= 15 is 0 Å². The van der Waals surface area contributed by atoms with E-state index < -0.39 is 5.60 Å². The molecule has 20 heavy (non-hydrogen) atoms. The van der Waals surface area contributed by atoms with Crippen LogP contribution < -0.4 is 5.32 Å². The second-order valence-electron chi connectivity index (χ2n) is 5.35. The van der Waals surface area contributed by atoms with Gasteiger partial charge >= 0.3 is 0 Å². The van der Waals surface area contributed by atoms with Gasteiger partial charge in [-0.15, -0.1) is 0 Å². The van der Waals surface area contributed by atoms with Gasteiger partial charge in [0.1, 0.15) is 5.60 Å². The van der Waals surface area contributed by atoms with Crippen molar-refractivity contribution in [3.8, 4) is 0 Å². The molecule has 3 rings (SSSR count). The van der Waals surface area contributed by atoms with Crippen LogP contribution in [0.5, 0.6) is 0 Å². The highest BCUT2D eigenvalue weighted by Gasteiger charge is 2.40. The number of benzene rings is 2. The number of anilines is 1. The van der Waals surface area contributed by atoms with Gasteiger partial charge in [0.05, 0.1) is 6.04 Å². The maximum Gasteiger partial charge on any atom is 0.110 e. The fourth-order valence-corrected chi connectivity index (χ4v) is 3.39. The number of fused-ring (bicyclic) bond motifs is 1. The van der Waals surface area contributed by atoms with Crippen LogP contribution >= 0.6 is 15.9 Å². The van der Waals surface area contributed by atoms with Crippen LogP contribution in [0, 0.1) is 0 Å². The van der Waals surface area contributed by atoms with Crippen molar-refractivity contribution in [1.29, 1.82) is 0 Å². The van der Waals surface area contributed by atoms with Crippen molar-refractivity contribution in [2.45, 2.75) is 31.4 Å². The van der Waals surface area contributed by atoms with Crippen molar-refractivity contribution in [2.75, 3.05) is 5.32 Å². The van der Waals surface area contributed by atoms with E-state index in [-0.39, 0.29) is 6.04 Å². The van der Waals surface area contributed by atoms with Gasteiger partial charge in [-0.2, -0.15) is 0 Å². The van der Waals surface area contributed by atoms with Crippen LogP contribution in [0.2, 0.25) is 0 Å². The van der Waals surface area contributed by atoms with E-state index in [1.54, 1.807) is 0 Å². The molecule has 0 aliphatic carbocycles. The minimum atomic E-state index is -0.858. The lowest BCUT2D eigenvalue weighted by molar-refractivity contribution is 0.0142. The molecule has 2 N–H and O–H groups in total. The maximum absolute atomic E-state index is 11.2. The molecule has 0 spiro atoms. The molecule has 0 saturated carbocycles. The molecule has 2 nitrogen and oxygen atoms in total. The van der Waals surface area contributed by atoms with Gasteiger partial charge in [-0.25, -0.2) is 0 Å². The van der Waals surface area contributed by atoms with Crippen molar-refractivity contribution < 1.29 is 5.11 Å². The molecule has 0 amide bonds. The third-order valence-electron chi connectivity index (χ3n) is 4.21. The molecule has 2 atom stereocenters. The summed E-state index contributed by atoms with van der Waals surface area (Å²) in [5.41, 5.74) is 2.52. The average Bonchev–Trinajstić information content (AvgIpc) is 2.91. The summed E-state index contributed by atoms with van der Waals surface area (Å²) in [5.74, 6) is 0. The molecule has 1 heterocycles. The summed E-state index contributed by atoms with van der Waals surface area (Å²) in [6.07, 6.45) is 1.53. The van der Waals surface area contributed by atoms with Gasteiger partial charge in [-0.1, -0.05) is 53.2 Å². The summed E-state index contributed by atoms with van der Waals surface area (Å²) in [7, 11) is 0. The lowest BCUT2D eigenvalue weighted by Gasteiger charge is -2.34. The molecule has 0 bridgehead atoms. The number of hydrogen-bond acceptors (Lipinski definition) is 2. The molecule has 104 valence electrons. The number of nitrogens with one attached hydrogen (secondary N) is 1. The van der Waals surface area contributed by atoms with Gasteiger partial charge in [-0.05, 0) is 42.2 Å². The summed E-state index contributed by atoms with van der Waals surface area (Å²) >= 11 is 3.49. The number of halogens is 1. The first-order valence-corrected chi connectivity index (χ1v) is 7.75. The Morgan fingerprint density at radius 3 is 2.75 bits per heavy atom. The second-order valence-corrected chi connectivity index (χ2v) is 6.26. The van der Waals surface area contributed by atoms with E-state index in [0.29, 0.717) is 6.42 Å². The van der Waals surface area contributed by atoms with Gasteiger partial charge in [0, 0.05) is 10.2 Å². The Bertz CT molecular complexity index is 603. The standard InChI is InChI=1S/C17H18BrNO/c1-2-17(20,13-7-5-8-14(18)11-13)16-10-12-6-3-4-9-15(12)19-16/h3-9,11,16,19-20H,2,10H2,1H3. The number of para-hydroxylation sites is 1. The van der Waals surface area contributed by atoms with Crippen molar-refractivity contribution >= 4 is 21.6 Å². The molecule has 1 aliphatic rings. The van der Waals surface area contributed by atoms with Crippen molar-refractivity contribution in [1.82, 2.24) is 0 Å². The van der Waals surface area contributed by atoms with E-state index in [4.69, 9.17) is 0 Å². The van der Waals surface area contributed by atoms with Crippen LogP contribution in [0.25, 0.3) is 0 Å². The minimum Gasteiger partial charge on any atom is -0.383 e. The van der Waals surface area contributed by atoms with Crippen LogP contribution in [0.3, 0.4) is 0 Å². The molecule has 2 aromatic rings. The molecule has 3 heteroatoms. The maximum atomic E-state index is 11.2. The summed E-state index contributed by atoms with van der Waals surface area (Å²) in [6, 6.07) is 16.3. The molecule has 2 aromatic carbocycles. The number of aliphatic hydroxyl groups is 1. The van der Waals surface area contributed by atoms with Crippen LogP contribution in [0.1, 0.15) is 24.5 Å². The smallest absolute Gasteiger partial charge is 0.110 e. The van der Waals surface area contributed by atoms with Crippen molar-refractivity contribution in [3.63, 3.8) is 0 Å². The Hall–Kier alpha value is -1.32. The molecular weight excluding hydrogens is 314 g/mol. The topological polar surface area (TPSA) is 32.3 Å². The SMILES string of the molecule is CCC(O)(c1cccc(Br)c1)C1Cc2ccccc2N1. The van der Waals surface area contributed by atoms with Gasteiger partial charge in [0.15, 0.2) is 0 Å². The first-order valence-electron chi connectivity index (χ1n) is 6.96. The fourth-order valence-electron chi connectivity index (χ4n) is 3.00. The van der Waals surface area contributed by atoms with E-state index in [1.807, 2.05) is 43.3 Å². The lowest BCUT2D eigenvalue weighted by atomic mass is 9.83. The summed E-state index contributed by atoms with van der Waals surface area (Å²) in [5, 5.41) is 14.7. The Balaban J connectivity index is 1.95. The highest BCUT2D eigenvalue weighted by atomic mass is 79.9. The Morgan fingerprint density at radius 1 is 1.25 bits per heavy atom. The van der Waals surface area contributed by atoms with Gasteiger partial charge in [0.2, 0.25) is 0 Å². The summed E-state index contributed by atoms with van der Waals surface area (Å²) < 4.78 is 0.998. The van der Waals surface area contributed by atoms with Gasteiger partial charge in [-0.3, -0.25) is 0 Å². The first-order chi connectivity index (χ1) is 9.63. The van der Waals surface area contributed by atoms with E-state index in [2.05, 4.69) is 33.4 Å². The zero-order valence-corrected chi connectivity index (χ0v) is 13.0. The van der Waals surface area contributed by atoms with E-state index in [9.17, 15) is 5.11 Å². The normalized spacial score (nSPS) is 20.1. The highest BCUT2D eigenvalue weighted by Crippen LogP contribution is 2.38. The zero-order valence-electron chi connectivity index (χ0n) is 11.4.